The Morgan fingerprint density at radius 1 is 1.18 bits per heavy atom. The fourth-order valence-corrected chi connectivity index (χ4v) is 3.41. The second-order valence-corrected chi connectivity index (χ2v) is 7.49. The molecular formula is C20H19N5O2S. The number of thiophene rings is 1. The van der Waals surface area contributed by atoms with E-state index in [0.717, 1.165) is 34.5 Å². The Morgan fingerprint density at radius 2 is 2.00 bits per heavy atom. The molecule has 0 saturated heterocycles. The van der Waals surface area contributed by atoms with Crippen LogP contribution in [0, 0.1) is 0 Å². The van der Waals surface area contributed by atoms with Crippen molar-refractivity contribution >= 4 is 29.4 Å². The van der Waals surface area contributed by atoms with Crippen molar-refractivity contribution in [1.82, 2.24) is 20.5 Å². The Balaban J connectivity index is 1.49. The third kappa shape index (κ3) is 4.52. The molecule has 1 aromatic carbocycles. The van der Waals surface area contributed by atoms with Crippen molar-refractivity contribution in [2.75, 3.05) is 0 Å². The van der Waals surface area contributed by atoms with Gasteiger partial charge in [-0.2, -0.15) is 10.2 Å². The van der Waals surface area contributed by atoms with Gasteiger partial charge in [-0.1, -0.05) is 36.4 Å². The number of rotatable bonds is 6. The van der Waals surface area contributed by atoms with Crippen molar-refractivity contribution < 1.29 is 9.59 Å². The van der Waals surface area contributed by atoms with Gasteiger partial charge in [-0.15, -0.1) is 11.3 Å². The number of carbonyl (C=O) groups excluding carboxylic acids is 2. The van der Waals surface area contributed by atoms with E-state index in [-0.39, 0.29) is 6.04 Å². The standard InChI is InChI=1S/C20H19N5O2S/c26-19(22-16-8-9-16)20(27)23-21-11-15-13-25(12-14-5-2-1-3-6-14)24-18(15)17-7-4-10-28-17/h1-7,10-11,13,16H,8-9,12H2,(H,22,26)(H,23,27)/b21-11-. The molecule has 2 N–H and O–H groups in total. The molecule has 1 saturated carbocycles. The number of benzene rings is 1. The Kier molecular flexibility index (Phi) is 5.29. The van der Waals surface area contributed by atoms with Gasteiger partial charge in [-0.3, -0.25) is 14.3 Å². The molecule has 28 heavy (non-hydrogen) atoms. The molecule has 2 aromatic heterocycles. The molecule has 142 valence electrons. The van der Waals surface area contributed by atoms with Gasteiger partial charge in [0.15, 0.2) is 0 Å². The zero-order valence-electron chi connectivity index (χ0n) is 15.0. The van der Waals surface area contributed by atoms with Crippen molar-refractivity contribution in [3.05, 3.63) is 65.2 Å². The summed E-state index contributed by atoms with van der Waals surface area (Å²) in [4.78, 5) is 24.5. The highest BCUT2D eigenvalue weighted by Gasteiger charge is 2.26. The van der Waals surface area contributed by atoms with Crippen molar-refractivity contribution in [3.8, 4) is 10.6 Å². The summed E-state index contributed by atoms with van der Waals surface area (Å²) in [6.45, 7) is 0.628. The molecule has 2 heterocycles. The molecule has 0 atom stereocenters. The van der Waals surface area contributed by atoms with Crippen molar-refractivity contribution in [3.63, 3.8) is 0 Å². The highest BCUT2D eigenvalue weighted by molar-refractivity contribution is 7.13. The quantitative estimate of drug-likeness (QED) is 0.383. The predicted molar refractivity (Wildman–Crippen MR) is 108 cm³/mol. The maximum absolute atomic E-state index is 11.8. The number of nitrogens with zero attached hydrogens (tertiary/aromatic N) is 3. The average molecular weight is 393 g/mol. The molecule has 7 nitrogen and oxygen atoms in total. The smallest absolute Gasteiger partial charge is 0.329 e. The highest BCUT2D eigenvalue weighted by atomic mass is 32.1. The molecule has 0 aliphatic heterocycles. The lowest BCUT2D eigenvalue weighted by Crippen LogP contribution is -2.38. The summed E-state index contributed by atoms with van der Waals surface area (Å²) in [5.74, 6) is -1.42. The van der Waals surface area contributed by atoms with E-state index in [1.807, 2.05) is 58.7 Å². The normalized spacial score (nSPS) is 13.6. The van der Waals surface area contributed by atoms with Gasteiger partial charge in [0.1, 0.15) is 5.69 Å². The summed E-state index contributed by atoms with van der Waals surface area (Å²) in [5, 5.41) is 13.2. The highest BCUT2D eigenvalue weighted by Crippen LogP contribution is 2.26. The van der Waals surface area contributed by atoms with Crippen LogP contribution in [0.3, 0.4) is 0 Å². The third-order valence-electron chi connectivity index (χ3n) is 4.22. The summed E-state index contributed by atoms with van der Waals surface area (Å²) in [7, 11) is 0. The minimum absolute atomic E-state index is 0.129. The number of hydrogen-bond acceptors (Lipinski definition) is 5. The molecule has 1 aliphatic rings. The van der Waals surface area contributed by atoms with E-state index < -0.39 is 11.8 Å². The molecule has 1 fully saturated rings. The van der Waals surface area contributed by atoms with Crippen molar-refractivity contribution in [1.29, 1.82) is 0 Å². The molecule has 3 aromatic rings. The number of amides is 2. The second kappa shape index (κ2) is 8.18. The number of hydrazone groups is 1. The maximum Gasteiger partial charge on any atom is 0.329 e. The first-order valence-electron chi connectivity index (χ1n) is 8.98. The fourth-order valence-electron chi connectivity index (χ4n) is 2.68. The Bertz CT molecular complexity index is 991. The Morgan fingerprint density at radius 3 is 2.71 bits per heavy atom. The molecule has 4 rings (SSSR count). The van der Waals surface area contributed by atoms with E-state index in [4.69, 9.17) is 0 Å². The largest absolute Gasteiger partial charge is 0.345 e. The zero-order valence-corrected chi connectivity index (χ0v) is 15.9. The van der Waals surface area contributed by atoms with Crippen LogP contribution in [0.2, 0.25) is 0 Å². The van der Waals surface area contributed by atoms with Gasteiger partial charge in [0.25, 0.3) is 0 Å². The second-order valence-electron chi connectivity index (χ2n) is 6.54. The molecular weight excluding hydrogens is 374 g/mol. The summed E-state index contributed by atoms with van der Waals surface area (Å²) in [5.41, 5.74) is 4.96. The van der Waals surface area contributed by atoms with Gasteiger partial charge in [0.2, 0.25) is 0 Å². The van der Waals surface area contributed by atoms with Crippen LogP contribution >= 0.6 is 11.3 Å². The number of nitrogens with one attached hydrogen (secondary N) is 2. The molecule has 8 heteroatoms. The van der Waals surface area contributed by atoms with Crippen LogP contribution in [-0.2, 0) is 16.1 Å². The van der Waals surface area contributed by atoms with Gasteiger partial charge in [0.05, 0.1) is 17.6 Å². The Hall–Kier alpha value is -3.26. The maximum atomic E-state index is 11.8. The first-order valence-corrected chi connectivity index (χ1v) is 9.86. The summed E-state index contributed by atoms with van der Waals surface area (Å²) < 4.78 is 1.84. The van der Waals surface area contributed by atoms with Crippen LogP contribution in [0.1, 0.15) is 24.0 Å². The summed E-state index contributed by atoms with van der Waals surface area (Å²) in [6, 6.07) is 14.1. The lowest BCUT2D eigenvalue weighted by molar-refractivity contribution is -0.139. The summed E-state index contributed by atoms with van der Waals surface area (Å²) in [6.07, 6.45) is 5.24. The van der Waals surface area contributed by atoms with E-state index in [0.29, 0.717) is 6.54 Å². The average Bonchev–Trinajstić information content (AvgIpc) is 3.18. The summed E-state index contributed by atoms with van der Waals surface area (Å²) >= 11 is 1.58. The van der Waals surface area contributed by atoms with Gasteiger partial charge in [0, 0.05) is 17.8 Å². The topological polar surface area (TPSA) is 88.4 Å². The van der Waals surface area contributed by atoms with Crippen LogP contribution in [0.5, 0.6) is 0 Å². The lowest BCUT2D eigenvalue weighted by Gasteiger charge is -2.00. The minimum Gasteiger partial charge on any atom is -0.345 e. The van der Waals surface area contributed by atoms with Crippen LogP contribution in [-0.4, -0.2) is 33.9 Å². The molecule has 2 amide bonds. The van der Waals surface area contributed by atoms with Crippen LogP contribution < -0.4 is 10.7 Å². The van der Waals surface area contributed by atoms with E-state index in [1.54, 1.807) is 11.3 Å². The number of carbonyl (C=O) groups is 2. The lowest BCUT2D eigenvalue weighted by atomic mass is 10.2. The monoisotopic (exact) mass is 393 g/mol. The molecule has 0 radical (unpaired) electrons. The van der Waals surface area contributed by atoms with Crippen LogP contribution in [0.25, 0.3) is 10.6 Å². The van der Waals surface area contributed by atoms with E-state index >= 15 is 0 Å². The van der Waals surface area contributed by atoms with Crippen molar-refractivity contribution in [2.45, 2.75) is 25.4 Å². The number of hydrogen-bond donors (Lipinski definition) is 2. The van der Waals surface area contributed by atoms with Gasteiger partial charge in [-0.05, 0) is 29.9 Å². The first-order chi connectivity index (χ1) is 13.7. The third-order valence-corrected chi connectivity index (χ3v) is 5.10. The molecule has 1 aliphatic carbocycles. The van der Waals surface area contributed by atoms with Gasteiger partial charge < -0.3 is 5.32 Å². The first kappa shape index (κ1) is 18.1. The van der Waals surface area contributed by atoms with E-state index in [9.17, 15) is 9.59 Å². The SMILES string of the molecule is O=C(N/N=C\c1cn(Cc2ccccc2)nc1-c1cccs1)C(=O)NC1CC1. The molecule has 0 unspecified atom stereocenters. The van der Waals surface area contributed by atoms with Crippen molar-refractivity contribution in [2.24, 2.45) is 5.10 Å². The predicted octanol–water partition coefficient (Wildman–Crippen LogP) is 2.39. The van der Waals surface area contributed by atoms with E-state index in [1.165, 1.54) is 6.21 Å². The van der Waals surface area contributed by atoms with Crippen LogP contribution in [0.4, 0.5) is 0 Å². The van der Waals surface area contributed by atoms with Gasteiger partial charge in [-0.25, -0.2) is 5.43 Å². The fraction of sp³-hybridized carbons (Fsp3) is 0.200. The zero-order chi connectivity index (χ0) is 19.3. The van der Waals surface area contributed by atoms with Crippen LogP contribution in [0.15, 0.2) is 59.1 Å². The Labute approximate surface area is 166 Å². The molecule has 0 spiro atoms. The van der Waals surface area contributed by atoms with E-state index in [2.05, 4.69) is 20.9 Å². The van der Waals surface area contributed by atoms with Gasteiger partial charge >= 0.3 is 11.8 Å². The number of aromatic nitrogens is 2. The minimum atomic E-state index is -0.766. The molecule has 0 bridgehead atoms.